The number of aryl methyl sites for hydroxylation is 1. The third-order valence-electron chi connectivity index (χ3n) is 6.79. The van der Waals surface area contributed by atoms with Gasteiger partial charge in [-0.2, -0.15) is 0 Å². The van der Waals surface area contributed by atoms with E-state index in [4.69, 9.17) is 11.6 Å². The number of allylic oxidation sites excluding steroid dienone is 1. The first-order chi connectivity index (χ1) is 16.5. The molecule has 0 saturated carbocycles. The van der Waals surface area contributed by atoms with Gasteiger partial charge in [0.05, 0.1) is 17.4 Å². The molecule has 0 radical (unpaired) electrons. The number of anilines is 2. The summed E-state index contributed by atoms with van der Waals surface area (Å²) in [5.41, 5.74) is 6.39. The zero-order valence-electron chi connectivity index (χ0n) is 19.3. The molecule has 5 rings (SSSR count). The van der Waals surface area contributed by atoms with Gasteiger partial charge in [-0.1, -0.05) is 72.6 Å². The molecule has 34 heavy (non-hydrogen) atoms. The first-order valence-corrected chi connectivity index (χ1v) is 12.1. The van der Waals surface area contributed by atoms with Crippen LogP contribution in [0, 0.1) is 6.92 Å². The molecule has 2 atom stereocenters. The molecule has 172 valence electrons. The fourth-order valence-corrected chi connectivity index (χ4v) is 5.20. The number of Topliss-reactive ketones (excluding diaryl/α,β-unsaturated/α-hetero) is 1. The molecule has 4 nitrogen and oxygen atoms in total. The molecule has 0 unspecified atom stereocenters. The van der Waals surface area contributed by atoms with Crippen LogP contribution in [0.5, 0.6) is 0 Å². The van der Waals surface area contributed by atoms with Crippen LogP contribution in [0.25, 0.3) is 0 Å². The molecule has 1 N–H and O–H groups in total. The Labute approximate surface area is 205 Å². The van der Waals surface area contributed by atoms with E-state index in [1.165, 1.54) is 0 Å². The number of amides is 1. The maximum absolute atomic E-state index is 13.8. The lowest BCUT2D eigenvalue weighted by Crippen LogP contribution is -2.38. The van der Waals surface area contributed by atoms with Crippen LogP contribution in [-0.4, -0.2) is 11.7 Å². The Balaban J connectivity index is 1.69. The molecule has 3 aromatic carbocycles. The van der Waals surface area contributed by atoms with Gasteiger partial charge in [-0.05, 0) is 54.7 Å². The third-order valence-corrected chi connectivity index (χ3v) is 7.05. The topological polar surface area (TPSA) is 49.4 Å². The van der Waals surface area contributed by atoms with Gasteiger partial charge >= 0.3 is 0 Å². The number of carbonyl (C=O) groups excluding carboxylic acids is 2. The summed E-state index contributed by atoms with van der Waals surface area (Å²) in [6.07, 6.45) is 1.43. The van der Waals surface area contributed by atoms with Gasteiger partial charge in [-0.3, -0.25) is 14.5 Å². The lowest BCUT2D eigenvalue weighted by molar-refractivity contribution is -0.119. The highest BCUT2D eigenvalue weighted by atomic mass is 35.5. The van der Waals surface area contributed by atoms with Crippen molar-refractivity contribution in [2.45, 2.75) is 45.1 Å². The second kappa shape index (κ2) is 9.11. The average molecular weight is 471 g/mol. The predicted molar refractivity (Wildman–Crippen MR) is 137 cm³/mol. The molecule has 2 aliphatic rings. The smallest absolute Gasteiger partial charge is 0.227 e. The van der Waals surface area contributed by atoms with Crippen LogP contribution in [0.1, 0.15) is 54.8 Å². The predicted octanol–water partition coefficient (Wildman–Crippen LogP) is 6.96. The summed E-state index contributed by atoms with van der Waals surface area (Å²) >= 11 is 6.10. The minimum Gasteiger partial charge on any atom is -0.357 e. The number of halogens is 1. The zero-order chi connectivity index (χ0) is 23.8. The zero-order valence-corrected chi connectivity index (χ0v) is 20.1. The van der Waals surface area contributed by atoms with Crippen LogP contribution < -0.4 is 10.2 Å². The normalized spacial score (nSPS) is 19.7. The quantitative estimate of drug-likeness (QED) is 0.450. The van der Waals surface area contributed by atoms with E-state index in [-0.39, 0.29) is 17.6 Å². The summed E-state index contributed by atoms with van der Waals surface area (Å²) < 4.78 is 0. The number of ketones is 1. The Bertz CT molecular complexity index is 1280. The van der Waals surface area contributed by atoms with Gasteiger partial charge < -0.3 is 5.32 Å². The minimum atomic E-state index is -0.474. The molecular weight excluding hydrogens is 444 g/mol. The van der Waals surface area contributed by atoms with Gasteiger partial charge in [-0.15, -0.1) is 0 Å². The van der Waals surface area contributed by atoms with Gasteiger partial charge in [0.25, 0.3) is 0 Å². The van der Waals surface area contributed by atoms with E-state index in [0.717, 1.165) is 33.8 Å². The maximum Gasteiger partial charge on any atom is 0.227 e. The molecule has 0 fully saturated rings. The van der Waals surface area contributed by atoms with Crippen molar-refractivity contribution in [1.29, 1.82) is 0 Å². The molecule has 0 spiro atoms. The summed E-state index contributed by atoms with van der Waals surface area (Å²) in [5.74, 6) is 0.109. The highest BCUT2D eigenvalue weighted by molar-refractivity contribution is 6.30. The van der Waals surface area contributed by atoms with Crippen molar-refractivity contribution in [3.8, 4) is 0 Å². The van der Waals surface area contributed by atoms with Crippen molar-refractivity contribution in [2.24, 2.45) is 0 Å². The lowest BCUT2D eigenvalue weighted by Gasteiger charge is -2.35. The fourth-order valence-electron chi connectivity index (χ4n) is 5.07. The van der Waals surface area contributed by atoms with Crippen molar-refractivity contribution >= 4 is 34.7 Å². The first-order valence-electron chi connectivity index (χ1n) is 11.7. The van der Waals surface area contributed by atoms with E-state index in [0.29, 0.717) is 29.9 Å². The molecule has 1 amide bonds. The molecule has 1 aliphatic carbocycles. The van der Waals surface area contributed by atoms with Gasteiger partial charge in [0.15, 0.2) is 5.78 Å². The van der Waals surface area contributed by atoms with Gasteiger partial charge in [0.2, 0.25) is 5.91 Å². The monoisotopic (exact) mass is 470 g/mol. The van der Waals surface area contributed by atoms with Crippen LogP contribution in [0.2, 0.25) is 5.02 Å². The van der Waals surface area contributed by atoms with E-state index in [2.05, 4.69) is 5.32 Å². The number of nitrogens with one attached hydrogen (secondary N) is 1. The highest BCUT2D eigenvalue weighted by Crippen LogP contribution is 2.47. The molecule has 1 heterocycles. The highest BCUT2D eigenvalue weighted by Gasteiger charge is 2.41. The largest absolute Gasteiger partial charge is 0.357 e. The van der Waals surface area contributed by atoms with Crippen LogP contribution in [0.4, 0.5) is 11.4 Å². The Morgan fingerprint density at radius 3 is 2.35 bits per heavy atom. The molecule has 3 aromatic rings. The number of benzene rings is 3. The second-order valence-electron chi connectivity index (χ2n) is 9.04. The van der Waals surface area contributed by atoms with Crippen LogP contribution in [-0.2, 0) is 9.59 Å². The van der Waals surface area contributed by atoms with Crippen LogP contribution in [0.15, 0.2) is 84.1 Å². The molecule has 1 aliphatic heterocycles. The summed E-state index contributed by atoms with van der Waals surface area (Å²) in [5, 5.41) is 4.24. The standard InChI is InChI=1S/C29H27ClN2O2/c1-3-27(34)32-25-7-5-4-6-23(25)31-24-16-21(19-12-14-22(30)15-13-19)17-26(33)28(24)29(32)20-10-8-18(2)9-11-20/h4-15,21,29,31H,3,16-17H2,1-2H3/t21-,29+/m0/s1. The minimum absolute atomic E-state index is 0.0128. The average Bonchev–Trinajstić information content (AvgIpc) is 2.99. The summed E-state index contributed by atoms with van der Waals surface area (Å²) in [6.45, 7) is 3.90. The summed E-state index contributed by atoms with van der Waals surface area (Å²) in [6, 6.07) is 23.2. The first kappa shape index (κ1) is 22.4. The Kier molecular flexibility index (Phi) is 6.01. The third kappa shape index (κ3) is 4.03. The molecular formula is C29H27ClN2O2. The van der Waals surface area contributed by atoms with Crippen molar-refractivity contribution in [3.05, 3.63) is 106 Å². The van der Waals surface area contributed by atoms with E-state index in [1.54, 1.807) is 0 Å². The number of hydrogen-bond donors (Lipinski definition) is 1. The SMILES string of the molecule is CCC(=O)N1c2ccccc2NC2=C(C(=O)C[C@@H](c3ccc(Cl)cc3)C2)[C@H]1c1ccc(C)cc1. The molecule has 0 aromatic heterocycles. The molecule has 0 saturated heterocycles. The van der Waals surface area contributed by atoms with Crippen molar-refractivity contribution in [3.63, 3.8) is 0 Å². The summed E-state index contributed by atoms with van der Waals surface area (Å²) in [7, 11) is 0. The number of rotatable bonds is 3. The maximum atomic E-state index is 13.8. The van der Waals surface area contributed by atoms with E-state index >= 15 is 0 Å². The van der Waals surface area contributed by atoms with Crippen molar-refractivity contribution < 1.29 is 9.59 Å². The van der Waals surface area contributed by atoms with E-state index in [1.807, 2.05) is 91.5 Å². The van der Waals surface area contributed by atoms with Gasteiger partial charge in [0.1, 0.15) is 0 Å². The van der Waals surface area contributed by atoms with Gasteiger partial charge in [-0.25, -0.2) is 0 Å². The Hall–Kier alpha value is -3.37. The van der Waals surface area contributed by atoms with Gasteiger partial charge in [0, 0.05) is 29.1 Å². The van der Waals surface area contributed by atoms with Crippen molar-refractivity contribution in [1.82, 2.24) is 0 Å². The van der Waals surface area contributed by atoms with E-state index < -0.39 is 6.04 Å². The number of carbonyl (C=O) groups is 2. The number of hydrogen-bond acceptors (Lipinski definition) is 3. The van der Waals surface area contributed by atoms with E-state index in [9.17, 15) is 9.59 Å². The number of para-hydroxylation sites is 2. The lowest BCUT2D eigenvalue weighted by atomic mass is 9.78. The number of fused-ring (bicyclic) bond motifs is 1. The van der Waals surface area contributed by atoms with Crippen LogP contribution in [0.3, 0.4) is 0 Å². The Morgan fingerprint density at radius 2 is 1.65 bits per heavy atom. The van der Waals surface area contributed by atoms with Crippen molar-refractivity contribution in [2.75, 3.05) is 10.2 Å². The summed E-state index contributed by atoms with van der Waals surface area (Å²) in [4.78, 5) is 29.0. The molecule has 5 heteroatoms. The second-order valence-corrected chi connectivity index (χ2v) is 9.48. The van der Waals surface area contributed by atoms with Crippen LogP contribution >= 0.6 is 11.6 Å². The number of nitrogens with zero attached hydrogens (tertiary/aromatic N) is 1. The molecule has 0 bridgehead atoms. The Morgan fingerprint density at radius 1 is 0.971 bits per heavy atom. The fraction of sp³-hybridized carbons (Fsp3) is 0.241.